The van der Waals surface area contributed by atoms with Gasteiger partial charge in [0.15, 0.2) is 0 Å². The lowest BCUT2D eigenvalue weighted by Crippen LogP contribution is -2.02. The number of hydrogen-bond donors (Lipinski definition) is 1. The van der Waals surface area contributed by atoms with Crippen LogP contribution in [-0.2, 0) is 5.75 Å². The first-order valence-corrected chi connectivity index (χ1v) is 7.84. The number of rotatable bonds is 6. The smallest absolute Gasteiger partial charge is 0.339 e. The lowest BCUT2D eigenvalue weighted by molar-refractivity contribution is 0.0693. The second-order valence-electron chi connectivity index (χ2n) is 5.01. The maximum absolute atomic E-state index is 11.1. The molecule has 1 saturated carbocycles. The molecule has 0 aliphatic heterocycles. The molecule has 4 heteroatoms. The monoisotopic (exact) mass is 280 g/mol. The molecule has 1 aromatic carbocycles. The molecule has 0 aromatic heterocycles. The predicted molar refractivity (Wildman–Crippen MR) is 78.1 cm³/mol. The van der Waals surface area contributed by atoms with E-state index in [9.17, 15) is 4.79 Å². The van der Waals surface area contributed by atoms with Gasteiger partial charge < -0.3 is 9.84 Å². The van der Waals surface area contributed by atoms with E-state index in [1.165, 1.54) is 38.5 Å². The second kappa shape index (κ2) is 6.85. The highest BCUT2D eigenvalue weighted by Crippen LogP contribution is 2.29. The van der Waals surface area contributed by atoms with E-state index < -0.39 is 5.97 Å². The van der Waals surface area contributed by atoms with E-state index in [4.69, 9.17) is 9.84 Å². The first-order valence-electron chi connectivity index (χ1n) is 6.68. The molecule has 104 valence electrons. The van der Waals surface area contributed by atoms with E-state index in [0.717, 1.165) is 17.2 Å². The Morgan fingerprint density at radius 1 is 1.42 bits per heavy atom. The van der Waals surface area contributed by atoms with Crippen molar-refractivity contribution in [1.29, 1.82) is 0 Å². The Hall–Kier alpha value is -1.16. The molecule has 1 N–H and O–H groups in total. The van der Waals surface area contributed by atoms with Gasteiger partial charge in [-0.1, -0.05) is 18.9 Å². The zero-order valence-electron chi connectivity index (χ0n) is 11.2. The molecule has 3 nitrogen and oxygen atoms in total. The number of carboxylic acids is 1. The number of hydrogen-bond acceptors (Lipinski definition) is 3. The van der Waals surface area contributed by atoms with Crippen LogP contribution in [0.3, 0.4) is 0 Å². The predicted octanol–water partition coefficient (Wildman–Crippen LogP) is 3.82. The summed E-state index contributed by atoms with van der Waals surface area (Å²) in [6.07, 6.45) is 5.46. The summed E-state index contributed by atoms with van der Waals surface area (Å²) >= 11 is 1.90. The molecule has 1 aliphatic rings. The maximum Gasteiger partial charge on any atom is 0.339 e. The number of aromatic carboxylic acids is 1. The van der Waals surface area contributed by atoms with Crippen LogP contribution >= 0.6 is 11.8 Å². The topological polar surface area (TPSA) is 46.5 Å². The van der Waals surface area contributed by atoms with Crippen molar-refractivity contribution in [2.45, 2.75) is 31.4 Å². The third kappa shape index (κ3) is 3.90. The SMILES string of the molecule is COc1ccc(CSCC2CCCC2)cc1C(=O)O. The van der Waals surface area contributed by atoms with E-state index in [0.29, 0.717) is 5.75 Å². The summed E-state index contributed by atoms with van der Waals surface area (Å²) in [5.74, 6) is 2.42. The van der Waals surface area contributed by atoms with Gasteiger partial charge in [0.2, 0.25) is 0 Å². The molecular weight excluding hydrogens is 260 g/mol. The quantitative estimate of drug-likeness (QED) is 0.860. The van der Waals surface area contributed by atoms with E-state index in [-0.39, 0.29) is 5.56 Å². The van der Waals surface area contributed by atoms with Crippen molar-refractivity contribution in [3.05, 3.63) is 29.3 Å². The highest BCUT2D eigenvalue weighted by molar-refractivity contribution is 7.98. The largest absolute Gasteiger partial charge is 0.496 e. The van der Waals surface area contributed by atoms with E-state index in [1.54, 1.807) is 12.1 Å². The lowest BCUT2D eigenvalue weighted by Gasteiger charge is -2.10. The Kier molecular flexibility index (Phi) is 5.14. The van der Waals surface area contributed by atoms with Crippen LogP contribution in [0.1, 0.15) is 41.6 Å². The third-order valence-electron chi connectivity index (χ3n) is 3.59. The molecule has 0 unspecified atom stereocenters. The molecule has 0 bridgehead atoms. The minimum atomic E-state index is -0.931. The van der Waals surface area contributed by atoms with Gasteiger partial charge in [0.25, 0.3) is 0 Å². The zero-order chi connectivity index (χ0) is 13.7. The minimum Gasteiger partial charge on any atom is -0.496 e. The molecule has 1 aromatic rings. The van der Waals surface area contributed by atoms with Crippen molar-refractivity contribution < 1.29 is 14.6 Å². The van der Waals surface area contributed by atoms with Crippen LogP contribution in [0.25, 0.3) is 0 Å². The Bertz CT molecular complexity index is 439. The number of ether oxygens (including phenoxy) is 1. The molecule has 0 saturated heterocycles. The molecule has 0 atom stereocenters. The average molecular weight is 280 g/mol. The summed E-state index contributed by atoms with van der Waals surface area (Å²) in [4.78, 5) is 11.1. The summed E-state index contributed by atoms with van der Waals surface area (Å²) in [6, 6.07) is 5.42. The summed E-state index contributed by atoms with van der Waals surface area (Å²) in [6.45, 7) is 0. The molecule has 0 radical (unpaired) electrons. The Morgan fingerprint density at radius 2 is 2.16 bits per heavy atom. The highest BCUT2D eigenvalue weighted by atomic mass is 32.2. The second-order valence-corrected chi connectivity index (χ2v) is 6.04. The zero-order valence-corrected chi connectivity index (χ0v) is 12.0. The molecular formula is C15H20O3S. The molecule has 0 amide bonds. The van der Waals surface area contributed by atoms with Crippen LogP contribution in [0.2, 0.25) is 0 Å². The van der Waals surface area contributed by atoms with Crippen LogP contribution in [0, 0.1) is 5.92 Å². The van der Waals surface area contributed by atoms with Gasteiger partial charge >= 0.3 is 5.97 Å². The van der Waals surface area contributed by atoms with Gasteiger partial charge in [-0.25, -0.2) is 4.79 Å². The lowest BCUT2D eigenvalue weighted by atomic mass is 10.1. The molecule has 1 aliphatic carbocycles. The highest BCUT2D eigenvalue weighted by Gasteiger charge is 2.15. The van der Waals surface area contributed by atoms with E-state index in [1.807, 2.05) is 17.8 Å². The molecule has 0 heterocycles. The van der Waals surface area contributed by atoms with Gasteiger partial charge in [-0.05, 0) is 42.2 Å². The third-order valence-corrected chi connectivity index (χ3v) is 4.84. The fourth-order valence-electron chi connectivity index (χ4n) is 2.53. The first kappa shape index (κ1) is 14.3. The number of carbonyl (C=O) groups is 1. The van der Waals surface area contributed by atoms with Gasteiger partial charge in [0.1, 0.15) is 11.3 Å². The normalized spacial score (nSPS) is 15.6. The summed E-state index contributed by atoms with van der Waals surface area (Å²) < 4.78 is 5.06. The van der Waals surface area contributed by atoms with Gasteiger partial charge in [-0.2, -0.15) is 11.8 Å². The molecule has 0 spiro atoms. The molecule has 1 fully saturated rings. The van der Waals surface area contributed by atoms with Gasteiger partial charge in [-0.3, -0.25) is 0 Å². The van der Waals surface area contributed by atoms with Crippen molar-refractivity contribution in [2.75, 3.05) is 12.9 Å². The molecule has 2 rings (SSSR count). The summed E-state index contributed by atoms with van der Waals surface area (Å²) in [5.41, 5.74) is 1.31. The number of carboxylic acid groups (broad SMARTS) is 1. The van der Waals surface area contributed by atoms with Crippen LogP contribution < -0.4 is 4.74 Å². The van der Waals surface area contributed by atoms with Crippen molar-refractivity contribution in [1.82, 2.24) is 0 Å². The number of benzene rings is 1. The van der Waals surface area contributed by atoms with Crippen molar-refractivity contribution in [2.24, 2.45) is 5.92 Å². The van der Waals surface area contributed by atoms with Crippen molar-refractivity contribution >= 4 is 17.7 Å². The van der Waals surface area contributed by atoms with Crippen LogP contribution in [-0.4, -0.2) is 23.9 Å². The van der Waals surface area contributed by atoms with Crippen molar-refractivity contribution in [3.8, 4) is 5.75 Å². The van der Waals surface area contributed by atoms with Gasteiger partial charge in [0, 0.05) is 5.75 Å². The van der Waals surface area contributed by atoms with E-state index >= 15 is 0 Å². The summed E-state index contributed by atoms with van der Waals surface area (Å²) in [5, 5.41) is 9.13. The Morgan fingerprint density at radius 3 is 2.79 bits per heavy atom. The van der Waals surface area contributed by atoms with E-state index in [2.05, 4.69) is 0 Å². The Labute approximate surface area is 118 Å². The average Bonchev–Trinajstić information content (AvgIpc) is 2.91. The minimum absolute atomic E-state index is 0.251. The van der Waals surface area contributed by atoms with Crippen LogP contribution in [0.5, 0.6) is 5.75 Å². The fourth-order valence-corrected chi connectivity index (χ4v) is 3.73. The van der Waals surface area contributed by atoms with Crippen molar-refractivity contribution in [3.63, 3.8) is 0 Å². The summed E-state index contributed by atoms with van der Waals surface area (Å²) in [7, 11) is 1.50. The maximum atomic E-state index is 11.1. The first-order chi connectivity index (χ1) is 9.20. The Balaban J connectivity index is 1.92. The molecule has 19 heavy (non-hydrogen) atoms. The fraction of sp³-hybridized carbons (Fsp3) is 0.533. The standard InChI is InChI=1S/C15H20O3S/c1-18-14-7-6-12(8-13(14)15(16)17)10-19-9-11-4-2-3-5-11/h6-8,11H,2-5,9-10H2,1H3,(H,16,17). The number of thioether (sulfide) groups is 1. The van der Waals surface area contributed by atoms with Gasteiger partial charge in [-0.15, -0.1) is 0 Å². The van der Waals surface area contributed by atoms with Crippen LogP contribution in [0.15, 0.2) is 18.2 Å². The van der Waals surface area contributed by atoms with Crippen LogP contribution in [0.4, 0.5) is 0 Å². The van der Waals surface area contributed by atoms with Gasteiger partial charge in [0.05, 0.1) is 7.11 Å². The number of methoxy groups -OCH3 is 1.